The third-order valence-electron chi connectivity index (χ3n) is 8.94. The van der Waals surface area contributed by atoms with Crippen LogP contribution in [0.25, 0.3) is 29.3 Å². The minimum Gasteiger partial charge on any atom is -0.139 e. The van der Waals surface area contributed by atoms with Crippen molar-refractivity contribution in [3.63, 3.8) is 0 Å². The predicted molar refractivity (Wildman–Crippen MR) is 248 cm³/mol. The molecule has 0 aromatic carbocycles. The molecular weight excluding hydrogens is 769 g/mol. The van der Waals surface area contributed by atoms with E-state index in [1.807, 2.05) is 40.1 Å². The molecule has 0 saturated carbocycles. The Balaban J connectivity index is 0.000000260. The first kappa shape index (κ1) is 42.0. The van der Waals surface area contributed by atoms with Gasteiger partial charge in [-0.3, -0.25) is 0 Å². The van der Waals surface area contributed by atoms with Crippen LogP contribution in [0.2, 0.25) is 0 Å². The summed E-state index contributed by atoms with van der Waals surface area (Å²) in [6, 6.07) is 26.4. The average Bonchev–Trinajstić information content (AvgIpc) is 4.04. The number of hydrogen-bond donors (Lipinski definition) is 0. The number of terminal acetylenes is 1. The SMILES string of the molecule is C#Cc1ccc(-c2ccc(CCCCCC)s2)s1.CCCCCCc1ccc(-c2ccc(C#CC#Cc3ccc(-c4ccc(CCCCCC)s4)s3)s2)s1. The van der Waals surface area contributed by atoms with Gasteiger partial charge in [-0.2, -0.15) is 0 Å². The van der Waals surface area contributed by atoms with E-state index in [-0.39, 0.29) is 0 Å². The third-order valence-corrected chi connectivity index (χ3v) is 16.0. The number of unbranched alkanes of at least 4 members (excludes halogenated alkanes) is 9. The van der Waals surface area contributed by atoms with Crippen molar-refractivity contribution in [2.24, 2.45) is 0 Å². The molecule has 0 aliphatic heterocycles. The second-order valence-electron chi connectivity index (χ2n) is 13.4. The third kappa shape index (κ3) is 13.9. The highest BCUT2D eigenvalue weighted by Gasteiger charge is 2.08. The van der Waals surface area contributed by atoms with Crippen LogP contribution in [0.5, 0.6) is 0 Å². The Morgan fingerprint density at radius 2 is 0.685 bits per heavy atom. The first-order valence-corrected chi connectivity index (χ1v) is 24.5. The van der Waals surface area contributed by atoms with Crippen LogP contribution in [0.3, 0.4) is 0 Å². The van der Waals surface area contributed by atoms with Gasteiger partial charge in [-0.15, -0.1) is 74.4 Å². The maximum Gasteiger partial charge on any atom is 0.0785 e. The zero-order valence-corrected chi connectivity index (χ0v) is 37.0. The fourth-order valence-corrected chi connectivity index (χ4v) is 11.9. The van der Waals surface area contributed by atoms with Crippen LogP contribution in [0.15, 0.2) is 72.8 Å². The van der Waals surface area contributed by atoms with Crippen molar-refractivity contribution in [2.45, 2.75) is 117 Å². The van der Waals surface area contributed by atoms with Crippen LogP contribution < -0.4 is 0 Å². The normalized spacial score (nSPS) is 10.6. The first-order chi connectivity index (χ1) is 26.6. The average molecular weight is 821 g/mol. The quantitative estimate of drug-likeness (QED) is 0.0598. The van der Waals surface area contributed by atoms with Crippen LogP contribution in [-0.2, 0) is 19.3 Å². The molecule has 6 heteroatoms. The summed E-state index contributed by atoms with van der Waals surface area (Å²) in [5.41, 5.74) is 0. The Morgan fingerprint density at radius 3 is 1.02 bits per heavy atom. The van der Waals surface area contributed by atoms with Gasteiger partial charge in [0.15, 0.2) is 0 Å². The van der Waals surface area contributed by atoms with Gasteiger partial charge in [0, 0.05) is 43.9 Å². The minimum atomic E-state index is 1.02. The standard InChI is InChI=1S/C32H34S4.C16H18S2/c1-3-5-7-9-13-25-17-21-29(33-25)31-23-19-27(35-31)15-11-12-16-28-20-24-32(36-28)30-22-18-26(34-30)14-10-8-6-4-2;1-3-5-6-7-8-14-10-12-16(18-14)15-11-9-13(4-2)17-15/h17-24H,3-10,13-14H2,1-2H3;2,9-12H,3,5-8H2,1H3. The van der Waals surface area contributed by atoms with Gasteiger partial charge in [0.1, 0.15) is 0 Å². The van der Waals surface area contributed by atoms with Crippen LogP contribution in [0, 0.1) is 36.0 Å². The van der Waals surface area contributed by atoms with Gasteiger partial charge >= 0.3 is 0 Å². The van der Waals surface area contributed by atoms with Crippen molar-refractivity contribution in [1.29, 1.82) is 0 Å². The summed E-state index contributed by atoms with van der Waals surface area (Å²) in [6.45, 7) is 6.78. The molecule has 0 spiro atoms. The molecule has 6 rings (SSSR count). The van der Waals surface area contributed by atoms with Crippen molar-refractivity contribution in [3.8, 4) is 65.3 Å². The van der Waals surface area contributed by atoms with Crippen molar-refractivity contribution >= 4 is 68.0 Å². The molecule has 0 aliphatic rings. The molecular formula is C48H52S6. The Morgan fingerprint density at radius 1 is 0.370 bits per heavy atom. The van der Waals surface area contributed by atoms with E-state index in [0.29, 0.717) is 0 Å². The topological polar surface area (TPSA) is 0 Å². The highest BCUT2D eigenvalue weighted by molar-refractivity contribution is 7.23. The van der Waals surface area contributed by atoms with Gasteiger partial charge in [0.05, 0.1) is 14.6 Å². The maximum absolute atomic E-state index is 5.40. The minimum absolute atomic E-state index is 1.02. The van der Waals surface area contributed by atoms with E-state index < -0.39 is 0 Å². The molecule has 0 bridgehead atoms. The van der Waals surface area contributed by atoms with Crippen LogP contribution in [0.1, 0.15) is 127 Å². The highest BCUT2D eigenvalue weighted by Crippen LogP contribution is 2.36. The van der Waals surface area contributed by atoms with E-state index in [1.54, 1.807) is 34.0 Å². The Kier molecular flexibility index (Phi) is 18.5. The molecule has 0 fully saturated rings. The molecule has 6 aromatic rings. The van der Waals surface area contributed by atoms with E-state index in [2.05, 4.69) is 117 Å². The van der Waals surface area contributed by atoms with Gasteiger partial charge < -0.3 is 0 Å². The number of hydrogen-bond acceptors (Lipinski definition) is 6. The largest absolute Gasteiger partial charge is 0.139 e. The molecule has 0 saturated heterocycles. The van der Waals surface area contributed by atoms with Gasteiger partial charge in [-0.05, 0) is 135 Å². The van der Waals surface area contributed by atoms with Gasteiger partial charge in [0.25, 0.3) is 0 Å². The number of thiophene rings is 6. The lowest BCUT2D eigenvalue weighted by molar-refractivity contribution is 0.670. The molecule has 54 heavy (non-hydrogen) atoms. The lowest BCUT2D eigenvalue weighted by atomic mass is 10.1. The smallest absolute Gasteiger partial charge is 0.0785 e. The van der Waals surface area contributed by atoms with Crippen molar-refractivity contribution in [3.05, 3.63) is 102 Å². The molecule has 0 aliphatic carbocycles. The second kappa shape index (κ2) is 23.7. The summed E-state index contributed by atoms with van der Waals surface area (Å²) in [7, 11) is 0. The second-order valence-corrected chi connectivity index (χ2v) is 20.1. The van der Waals surface area contributed by atoms with Gasteiger partial charge in [-0.25, -0.2) is 0 Å². The van der Waals surface area contributed by atoms with E-state index in [0.717, 1.165) is 14.6 Å². The Hall–Kier alpha value is -3.12. The molecule has 0 atom stereocenters. The molecule has 0 amide bonds. The van der Waals surface area contributed by atoms with Gasteiger partial charge in [-0.1, -0.05) is 84.5 Å². The number of aryl methyl sites for hydroxylation is 3. The summed E-state index contributed by atoms with van der Waals surface area (Å²) in [4.78, 5) is 15.6. The zero-order chi connectivity index (χ0) is 37.8. The van der Waals surface area contributed by atoms with Crippen LogP contribution >= 0.6 is 68.0 Å². The van der Waals surface area contributed by atoms with Gasteiger partial charge in [0.2, 0.25) is 0 Å². The fourth-order valence-electron chi connectivity index (χ4n) is 5.92. The van der Waals surface area contributed by atoms with E-state index in [4.69, 9.17) is 6.42 Å². The van der Waals surface area contributed by atoms with Crippen molar-refractivity contribution in [2.75, 3.05) is 0 Å². The lowest BCUT2D eigenvalue weighted by Gasteiger charge is -1.96. The summed E-state index contributed by atoms with van der Waals surface area (Å²) >= 11 is 11.0. The monoisotopic (exact) mass is 820 g/mol. The molecule has 6 heterocycles. The highest BCUT2D eigenvalue weighted by atomic mass is 32.1. The van der Waals surface area contributed by atoms with Crippen LogP contribution in [0.4, 0.5) is 0 Å². The summed E-state index contributed by atoms with van der Waals surface area (Å²) in [5, 5.41) is 0. The van der Waals surface area contributed by atoms with E-state index >= 15 is 0 Å². The van der Waals surface area contributed by atoms with Crippen LogP contribution in [-0.4, -0.2) is 0 Å². The first-order valence-electron chi connectivity index (χ1n) is 19.6. The summed E-state index contributed by atoms with van der Waals surface area (Å²) < 4.78 is 0. The van der Waals surface area contributed by atoms with E-state index in [1.165, 1.54) is 140 Å². The molecule has 280 valence electrons. The maximum atomic E-state index is 5.40. The summed E-state index contributed by atoms with van der Waals surface area (Å²) in [5.74, 6) is 15.3. The van der Waals surface area contributed by atoms with Crippen molar-refractivity contribution < 1.29 is 0 Å². The number of rotatable bonds is 18. The fraction of sp³-hybridized carbons (Fsp3) is 0.375. The predicted octanol–water partition coefficient (Wildman–Crippen LogP) is 16.5. The lowest BCUT2D eigenvalue weighted by Crippen LogP contribution is -1.80. The Bertz CT molecular complexity index is 2030. The molecule has 0 unspecified atom stereocenters. The Labute approximate surface area is 349 Å². The molecule has 6 aromatic heterocycles. The summed E-state index contributed by atoms with van der Waals surface area (Å²) in [6.07, 6.45) is 24.9. The molecule has 0 nitrogen and oxygen atoms in total. The van der Waals surface area contributed by atoms with E-state index in [9.17, 15) is 0 Å². The molecule has 0 radical (unpaired) electrons. The molecule has 0 N–H and O–H groups in total. The zero-order valence-electron chi connectivity index (χ0n) is 32.1. The van der Waals surface area contributed by atoms with Crippen molar-refractivity contribution in [1.82, 2.24) is 0 Å².